The molecule has 0 spiro atoms. The highest BCUT2D eigenvalue weighted by atomic mass is 31.2. The molecule has 0 amide bonds. The van der Waals surface area contributed by atoms with Crippen molar-refractivity contribution < 1.29 is 42.1 Å². The monoisotopic (exact) mass is 629 g/mol. The highest BCUT2D eigenvalue weighted by Crippen LogP contribution is 2.38. The Morgan fingerprint density at radius 2 is 1.33 bits per heavy atom. The van der Waals surface area contributed by atoms with Gasteiger partial charge in [0, 0.05) is 12.8 Å². The lowest BCUT2D eigenvalue weighted by atomic mass is 10.1. The van der Waals surface area contributed by atoms with E-state index in [0.717, 1.165) is 51.4 Å². The number of esters is 2. The van der Waals surface area contributed by atoms with Crippen LogP contribution in [0.2, 0.25) is 0 Å². The second-order valence-electron chi connectivity index (χ2n) is 11.8. The summed E-state index contributed by atoms with van der Waals surface area (Å²) in [5, 5.41) is 0. The molecule has 0 aromatic heterocycles. The molecule has 250 valence electrons. The molecule has 2 atom stereocenters. The fourth-order valence-electron chi connectivity index (χ4n) is 3.82. The Kier molecular flexibility index (Phi) is 25.5. The summed E-state index contributed by atoms with van der Waals surface area (Å²) >= 11 is 0. The van der Waals surface area contributed by atoms with Crippen LogP contribution in [0.15, 0.2) is 36.5 Å². The number of hydrogen-bond acceptors (Lipinski definition) is 8. The first-order valence-electron chi connectivity index (χ1n) is 16.2. The summed E-state index contributed by atoms with van der Waals surface area (Å²) in [6.45, 7) is 3.80. The number of carbonyl (C=O) groups is 2. The minimum atomic E-state index is -4.60. The molecule has 0 bridgehead atoms. The van der Waals surface area contributed by atoms with E-state index in [0.29, 0.717) is 23.9 Å². The van der Waals surface area contributed by atoms with Crippen LogP contribution in [-0.4, -0.2) is 70.0 Å². The predicted molar refractivity (Wildman–Crippen MR) is 171 cm³/mol. The Bertz CT molecular complexity index is 850. The Balaban J connectivity index is 4.24. The number of rotatable bonds is 28. The number of phosphoric ester groups is 1. The smallest absolute Gasteiger partial charge is 0.306 e. The van der Waals surface area contributed by atoms with Gasteiger partial charge in [-0.25, -0.2) is 0 Å². The summed E-state index contributed by atoms with van der Waals surface area (Å²) in [7, 11) is 1.14. The third-order valence-electron chi connectivity index (χ3n) is 6.42. The van der Waals surface area contributed by atoms with E-state index in [1.807, 2.05) is 28.1 Å². The number of phosphoric acid groups is 1. The summed E-state index contributed by atoms with van der Waals surface area (Å²) < 4.78 is 33.2. The second kappa shape index (κ2) is 26.6. The van der Waals surface area contributed by atoms with Gasteiger partial charge >= 0.3 is 11.9 Å². The van der Waals surface area contributed by atoms with Crippen molar-refractivity contribution in [1.82, 2.24) is 0 Å². The van der Waals surface area contributed by atoms with Crippen LogP contribution >= 0.6 is 7.82 Å². The molecule has 0 saturated heterocycles. The molecule has 0 aliphatic heterocycles. The lowest BCUT2D eigenvalue weighted by molar-refractivity contribution is -0.870. The van der Waals surface area contributed by atoms with E-state index in [-0.39, 0.29) is 26.1 Å². The molecule has 10 heteroatoms. The number of unbranched alkanes of at least 4 members (excludes halogenated alkanes) is 8. The first-order valence-corrected chi connectivity index (χ1v) is 17.7. The number of nitrogens with zero attached hydrogens (tertiary/aromatic N) is 1. The Morgan fingerprint density at radius 3 is 1.95 bits per heavy atom. The van der Waals surface area contributed by atoms with Crippen LogP contribution in [-0.2, 0) is 32.7 Å². The van der Waals surface area contributed by atoms with Crippen molar-refractivity contribution >= 4 is 19.8 Å². The van der Waals surface area contributed by atoms with Gasteiger partial charge in [0.05, 0.1) is 27.7 Å². The third kappa shape index (κ3) is 30.1. The van der Waals surface area contributed by atoms with Gasteiger partial charge in [-0.05, 0) is 44.9 Å². The van der Waals surface area contributed by atoms with Gasteiger partial charge in [-0.3, -0.25) is 14.2 Å². The van der Waals surface area contributed by atoms with Crippen LogP contribution in [0.3, 0.4) is 0 Å². The average molecular weight is 630 g/mol. The third-order valence-corrected chi connectivity index (χ3v) is 7.39. The van der Waals surface area contributed by atoms with E-state index in [9.17, 15) is 19.0 Å². The number of hydrogen-bond donors (Lipinski definition) is 0. The van der Waals surface area contributed by atoms with Crippen LogP contribution in [0, 0.1) is 0 Å². The Hall–Kier alpha value is -1.77. The standard InChI is InChI=1S/C33H60NO8P/c1-6-8-10-11-12-13-14-15-16-17-18-19-20-21-22-23-24-26-33(36)42-31(29-39-32(35)25-9-7-2)30-41-43(37,38)40-28-27-34(3,4)5/h8,10,12-13,15-16,31H,6-7,9,11,14,17-30H2,1-5H3/b10-8-,13-12-,16-15-. The largest absolute Gasteiger partial charge is 0.756 e. The van der Waals surface area contributed by atoms with Gasteiger partial charge in [0.25, 0.3) is 7.82 Å². The molecule has 0 rings (SSSR count). The number of allylic oxidation sites excluding steroid dienone is 6. The summed E-state index contributed by atoms with van der Waals surface area (Å²) in [4.78, 5) is 36.5. The molecular weight excluding hydrogens is 569 g/mol. The first kappa shape index (κ1) is 41.2. The fraction of sp³-hybridized carbons (Fsp3) is 0.758. The zero-order valence-electron chi connectivity index (χ0n) is 27.6. The van der Waals surface area contributed by atoms with Crippen LogP contribution in [0.1, 0.15) is 110 Å². The predicted octanol–water partition coefficient (Wildman–Crippen LogP) is 7.21. The lowest BCUT2D eigenvalue weighted by Gasteiger charge is -2.28. The number of carbonyl (C=O) groups excluding carboxylic acids is 2. The summed E-state index contributed by atoms with van der Waals surface area (Å²) in [6.07, 6.45) is 25.8. The Morgan fingerprint density at radius 1 is 0.744 bits per heavy atom. The van der Waals surface area contributed by atoms with Gasteiger partial charge in [-0.15, -0.1) is 0 Å². The van der Waals surface area contributed by atoms with E-state index in [1.165, 1.54) is 19.3 Å². The van der Waals surface area contributed by atoms with Gasteiger partial charge in [0.1, 0.15) is 19.8 Å². The molecule has 43 heavy (non-hydrogen) atoms. The summed E-state index contributed by atoms with van der Waals surface area (Å²) in [6, 6.07) is 0. The molecule has 0 N–H and O–H groups in total. The zero-order chi connectivity index (χ0) is 32.2. The molecule has 2 unspecified atom stereocenters. The summed E-state index contributed by atoms with van der Waals surface area (Å²) in [5.41, 5.74) is 0. The SMILES string of the molecule is CC/C=C\C/C=C\C/C=C\CCCCCCCCCC(=O)OC(COC(=O)CCCC)COP(=O)([O-])OCC[N+](C)(C)C. The highest BCUT2D eigenvalue weighted by molar-refractivity contribution is 7.45. The van der Waals surface area contributed by atoms with E-state index < -0.39 is 32.5 Å². The average Bonchev–Trinajstić information content (AvgIpc) is 2.94. The number of quaternary nitrogens is 1. The number of likely N-dealkylation sites (N-methyl/N-ethyl adjacent to an activating group) is 1. The highest BCUT2D eigenvalue weighted by Gasteiger charge is 2.21. The van der Waals surface area contributed by atoms with Crippen LogP contribution in [0.5, 0.6) is 0 Å². The number of ether oxygens (including phenoxy) is 2. The molecular formula is C33H60NO8P. The van der Waals surface area contributed by atoms with Crippen LogP contribution < -0.4 is 4.89 Å². The maximum atomic E-state index is 12.4. The van der Waals surface area contributed by atoms with Gasteiger partial charge in [-0.2, -0.15) is 0 Å². The lowest BCUT2D eigenvalue weighted by Crippen LogP contribution is -2.37. The van der Waals surface area contributed by atoms with Crippen molar-refractivity contribution in [3.8, 4) is 0 Å². The van der Waals surface area contributed by atoms with Gasteiger partial charge < -0.3 is 27.9 Å². The first-order chi connectivity index (χ1) is 20.5. The second-order valence-corrected chi connectivity index (χ2v) is 13.2. The molecule has 9 nitrogen and oxygen atoms in total. The van der Waals surface area contributed by atoms with Crippen molar-refractivity contribution in [3.63, 3.8) is 0 Å². The minimum Gasteiger partial charge on any atom is -0.756 e. The minimum absolute atomic E-state index is 0.0345. The Labute approximate surface area is 261 Å². The molecule has 0 aromatic rings. The van der Waals surface area contributed by atoms with E-state index >= 15 is 0 Å². The molecule has 0 fully saturated rings. The molecule has 0 radical (unpaired) electrons. The molecule has 0 aromatic carbocycles. The van der Waals surface area contributed by atoms with Crippen molar-refractivity contribution in [2.24, 2.45) is 0 Å². The van der Waals surface area contributed by atoms with Gasteiger partial charge in [0.2, 0.25) is 0 Å². The van der Waals surface area contributed by atoms with Crippen molar-refractivity contribution in [3.05, 3.63) is 36.5 Å². The van der Waals surface area contributed by atoms with E-state index in [4.69, 9.17) is 18.5 Å². The maximum Gasteiger partial charge on any atom is 0.306 e. The maximum absolute atomic E-state index is 12.4. The fourth-order valence-corrected chi connectivity index (χ4v) is 4.55. The molecule has 0 aliphatic rings. The van der Waals surface area contributed by atoms with Crippen LogP contribution in [0.25, 0.3) is 0 Å². The quantitative estimate of drug-likeness (QED) is 0.0294. The van der Waals surface area contributed by atoms with Crippen molar-refractivity contribution in [2.45, 2.75) is 116 Å². The van der Waals surface area contributed by atoms with E-state index in [1.54, 1.807) is 0 Å². The summed E-state index contributed by atoms with van der Waals surface area (Å²) in [5.74, 6) is -0.893. The van der Waals surface area contributed by atoms with Crippen LogP contribution in [0.4, 0.5) is 0 Å². The zero-order valence-corrected chi connectivity index (χ0v) is 28.5. The molecule has 0 aliphatic carbocycles. The van der Waals surface area contributed by atoms with E-state index in [2.05, 4.69) is 43.4 Å². The molecule has 0 heterocycles. The van der Waals surface area contributed by atoms with Gasteiger partial charge in [-0.1, -0.05) is 88.8 Å². The van der Waals surface area contributed by atoms with Crippen molar-refractivity contribution in [2.75, 3.05) is 47.5 Å². The normalized spacial score (nSPS) is 14.5. The van der Waals surface area contributed by atoms with Gasteiger partial charge in [0.15, 0.2) is 6.10 Å². The topological polar surface area (TPSA) is 111 Å². The van der Waals surface area contributed by atoms with Crippen molar-refractivity contribution in [1.29, 1.82) is 0 Å². The molecule has 0 saturated carbocycles.